The van der Waals surface area contributed by atoms with Crippen LogP contribution in [-0.4, -0.2) is 9.97 Å². The molecule has 2 nitrogen and oxygen atoms in total. The second-order valence-corrected chi connectivity index (χ2v) is 13.3. The second-order valence-electron chi connectivity index (χ2n) is 12.2. The maximum absolute atomic E-state index is 5.24. The molecule has 9 rings (SSSR count). The lowest BCUT2D eigenvalue weighted by Gasteiger charge is -2.15. The molecule has 0 atom stereocenters. The van der Waals surface area contributed by atoms with Gasteiger partial charge in [-0.15, -0.1) is 11.3 Å². The molecule has 0 aliphatic heterocycles. The molecule has 2 heterocycles. The van der Waals surface area contributed by atoms with Gasteiger partial charge in [-0.05, 0) is 69.8 Å². The Morgan fingerprint density at radius 2 is 0.857 bits per heavy atom. The molecule has 230 valence electrons. The van der Waals surface area contributed by atoms with Crippen LogP contribution in [0.4, 0.5) is 0 Å². The highest BCUT2D eigenvalue weighted by atomic mass is 32.1. The first kappa shape index (κ1) is 29.0. The van der Waals surface area contributed by atoms with Gasteiger partial charge in [0, 0.05) is 36.9 Å². The van der Waals surface area contributed by atoms with E-state index >= 15 is 0 Å². The molecular weight excluding hydrogens is 613 g/mol. The quantitative estimate of drug-likeness (QED) is 0.180. The summed E-state index contributed by atoms with van der Waals surface area (Å²) in [4.78, 5) is 10.4. The number of benzene rings is 7. The molecule has 0 aliphatic carbocycles. The Balaban J connectivity index is 1.26. The zero-order valence-electron chi connectivity index (χ0n) is 26.6. The van der Waals surface area contributed by atoms with Crippen molar-refractivity contribution in [3.63, 3.8) is 0 Å². The summed E-state index contributed by atoms with van der Waals surface area (Å²) in [5.41, 5.74) is 11.8. The van der Waals surface area contributed by atoms with Crippen molar-refractivity contribution in [3.05, 3.63) is 182 Å². The van der Waals surface area contributed by atoms with Crippen LogP contribution in [-0.2, 0) is 0 Å². The fourth-order valence-corrected chi connectivity index (χ4v) is 7.82. The lowest BCUT2D eigenvalue weighted by molar-refractivity contribution is 1.18. The Morgan fingerprint density at radius 1 is 0.306 bits per heavy atom. The number of hydrogen-bond acceptors (Lipinski definition) is 3. The van der Waals surface area contributed by atoms with Gasteiger partial charge in [0.2, 0.25) is 0 Å². The maximum Gasteiger partial charge on any atom is 0.160 e. The standard InChI is InChI=1S/C46H30N2S/c1-4-14-31(15-5-1)35-26-36(34-24-25-41-40-22-12-13-23-44(40)49-45(41)29-34)28-37(27-35)42-30-43(48-46(47-42)33-18-8-3-9-19-33)39-21-11-10-20-38(39)32-16-6-2-7-17-32/h1-30H. The minimum absolute atomic E-state index is 0.703. The first-order valence-electron chi connectivity index (χ1n) is 16.5. The summed E-state index contributed by atoms with van der Waals surface area (Å²) in [7, 11) is 0. The smallest absolute Gasteiger partial charge is 0.160 e. The predicted octanol–water partition coefficient (Wildman–Crippen LogP) is 12.8. The van der Waals surface area contributed by atoms with Crippen LogP contribution in [0.1, 0.15) is 0 Å². The Bertz CT molecular complexity index is 2590. The van der Waals surface area contributed by atoms with Crippen molar-refractivity contribution in [2.75, 3.05) is 0 Å². The van der Waals surface area contributed by atoms with Crippen molar-refractivity contribution in [1.82, 2.24) is 9.97 Å². The van der Waals surface area contributed by atoms with E-state index in [9.17, 15) is 0 Å². The normalized spacial score (nSPS) is 11.3. The largest absolute Gasteiger partial charge is 0.228 e. The number of nitrogens with zero attached hydrogens (tertiary/aromatic N) is 2. The van der Waals surface area contributed by atoms with Crippen LogP contribution in [0.3, 0.4) is 0 Å². The van der Waals surface area contributed by atoms with Crippen LogP contribution < -0.4 is 0 Å². The van der Waals surface area contributed by atoms with E-state index in [1.807, 2.05) is 29.5 Å². The molecule has 0 radical (unpaired) electrons. The number of thiophene rings is 1. The zero-order valence-corrected chi connectivity index (χ0v) is 27.4. The topological polar surface area (TPSA) is 25.8 Å². The van der Waals surface area contributed by atoms with Crippen LogP contribution >= 0.6 is 11.3 Å². The van der Waals surface area contributed by atoms with E-state index in [1.54, 1.807) is 0 Å². The van der Waals surface area contributed by atoms with Gasteiger partial charge in [0.05, 0.1) is 11.4 Å². The summed E-state index contributed by atoms with van der Waals surface area (Å²) < 4.78 is 2.60. The van der Waals surface area contributed by atoms with Gasteiger partial charge in [0.25, 0.3) is 0 Å². The lowest BCUT2D eigenvalue weighted by Crippen LogP contribution is -1.97. The highest BCUT2D eigenvalue weighted by Gasteiger charge is 2.16. The Hall–Kier alpha value is -6.16. The zero-order chi connectivity index (χ0) is 32.6. The van der Waals surface area contributed by atoms with Gasteiger partial charge < -0.3 is 0 Å². The summed E-state index contributed by atoms with van der Waals surface area (Å²) >= 11 is 1.85. The summed E-state index contributed by atoms with van der Waals surface area (Å²) in [6.45, 7) is 0. The monoisotopic (exact) mass is 642 g/mol. The highest BCUT2D eigenvalue weighted by molar-refractivity contribution is 7.25. The molecule has 0 N–H and O–H groups in total. The van der Waals surface area contributed by atoms with Crippen LogP contribution in [0.5, 0.6) is 0 Å². The van der Waals surface area contributed by atoms with Crippen molar-refractivity contribution in [2.24, 2.45) is 0 Å². The van der Waals surface area contributed by atoms with Crippen molar-refractivity contribution in [3.8, 4) is 67.3 Å². The Labute approximate surface area is 289 Å². The fraction of sp³-hybridized carbons (Fsp3) is 0. The van der Waals surface area contributed by atoms with Gasteiger partial charge >= 0.3 is 0 Å². The van der Waals surface area contributed by atoms with Crippen LogP contribution in [0.25, 0.3) is 87.5 Å². The van der Waals surface area contributed by atoms with Gasteiger partial charge in [-0.2, -0.15) is 0 Å². The first-order valence-corrected chi connectivity index (χ1v) is 17.3. The third-order valence-electron chi connectivity index (χ3n) is 9.09. The van der Waals surface area contributed by atoms with Crippen LogP contribution in [0.15, 0.2) is 182 Å². The van der Waals surface area contributed by atoms with Crippen LogP contribution in [0.2, 0.25) is 0 Å². The van der Waals surface area contributed by atoms with E-state index in [1.165, 1.54) is 31.3 Å². The molecule has 0 saturated heterocycles. The van der Waals surface area contributed by atoms with Crippen molar-refractivity contribution in [1.29, 1.82) is 0 Å². The predicted molar refractivity (Wildman–Crippen MR) is 208 cm³/mol. The molecule has 0 spiro atoms. The molecule has 7 aromatic carbocycles. The van der Waals surface area contributed by atoms with E-state index in [-0.39, 0.29) is 0 Å². The van der Waals surface area contributed by atoms with Gasteiger partial charge in [0.1, 0.15) is 0 Å². The molecule has 2 aromatic heterocycles. The highest BCUT2D eigenvalue weighted by Crippen LogP contribution is 2.40. The molecule has 0 amide bonds. The molecule has 0 unspecified atom stereocenters. The third kappa shape index (κ3) is 5.61. The Kier molecular flexibility index (Phi) is 7.38. The fourth-order valence-electron chi connectivity index (χ4n) is 6.67. The molecule has 3 heteroatoms. The van der Waals surface area contributed by atoms with E-state index < -0.39 is 0 Å². The summed E-state index contributed by atoms with van der Waals surface area (Å²) in [5, 5.41) is 2.61. The minimum atomic E-state index is 0.703. The van der Waals surface area contributed by atoms with Crippen molar-refractivity contribution < 1.29 is 0 Å². The Morgan fingerprint density at radius 3 is 1.61 bits per heavy atom. The van der Waals surface area contributed by atoms with Crippen LogP contribution in [0, 0.1) is 0 Å². The third-order valence-corrected chi connectivity index (χ3v) is 10.2. The van der Waals surface area contributed by atoms with E-state index in [0.29, 0.717) is 5.82 Å². The number of hydrogen-bond donors (Lipinski definition) is 0. The molecule has 0 aliphatic rings. The lowest BCUT2D eigenvalue weighted by atomic mass is 9.93. The van der Waals surface area contributed by atoms with Crippen molar-refractivity contribution in [2.45, 2.75) is 0 Å². The first-order chi connectivity index (χ1) is 24.3. The molecular formula is C46H30N2S. The summed E-state index contributed by atoms with van der Waals surface area (Å²) in [5.74, 6) is 0.703. The minimum Gasteiger partial charge on any atom is -0.228 e. The molecule has 49 heavy (non-hydrogen) atoms. The maximum atomic E-state index is 5.24. The summed E-state index contributed by atoms with van der Waals surface area (Å²) in [6, 6.07) is 64.5. The second kappa shape index (κ2) is 12.5. The average molecular weight is 643 g/mol. The van der Waals surface area contributed by atoms with Gasteiger partial charge in [-0.1, -0.05) is 146 Å². The average Bonchev–Trinajstić information content (AvgIpc) is 3.56. The summed E-state index contributed by atoms with van der Waals surface area (Å²) in [6.07, 6.45) is 0. The molecule has 0 fully saturated rings. The number of fused-ring (bicyclic) bond motifs is 3. The van der Waals surface area contributed by atoms with E-state index in [2.05, 4.69) is 164 Å². The number of aromatic nitrogens is 2. The van der Waals surface area contributed by atoms with Gasteiger partial charge in [0.15, 0.2) is 5.82 Å². The molecule has 9 aromatic rings. The van der Waals surface area contributed by atoms with Gasteiger partial charge in [-0.25, -0.2) is 9.97 Å². The van der Waals surface area contributed by atoms with Gasteiger partial charge in [-0.3, -0.25) is 0 Å². The van der Waals surface area contributed by atoms with E-state index in [4.69, 9.17) is 9.97 Å². The number of rotatable bonds is 6. The van der Waals surface area contributed by atoms with E-state index in [0.717, 1.165) is 50.3 Å². The van der Waals surface area contributed by atoms with Crippen molar-refractivity contribution >= 4 is 31.5 Å². The molecule has 0 saturated carbocycles. The SMILES string of the molecule is c1ccc(-c2cc(-c3ccc4c(c3)sc3ccccc34)cc(-c3cc(-c4ccccc4-c4ccccc4)nc(-c4ccccc4)n3)c2)cc1. The molecule has 0 bridgehead atoms.